The molecule has 0 bridgehead atoms. The van der Waals surface area contributed by atoms with E-state index in [4.69, 9.17) is 20.8 Å². The van der Waals surface area contributed by atoms with Gasteiger partial charge in [-0.3, -0.25) is 4.79 Å². The Morgan fingerprint density at radius 2 is 1.85 bits per heavy atom. The number of nitrogens with zero attached hydrogens (tertiary/aromatic N) is 2. The van der Waals surface area contributed by atoms with Crippen LogP contribution < -0.4 is 4.74 Å². The van der Waals surface area contributed by atoms with Crippen LogP contribution in [0.2, 0.25) is 5.02 Å². The van der Waals surface area contributed by atoms with Crippen LogP contribution in [0.1, 0.15) is 16.2 Å². The molecular formula is C20H19ClN2O3. The number of likely N-dealkylation sites (N-methyl/N-ethyl adjacent to an activating group) is 1. The normalized spacial score (nSPS) is 10.6. The Labute approximate surface area is 157 Å². The highest BCUT2D eigenvalue weighted by Gasteiger charge is 2.21. The van der Waals surface area contributed by atoms with E-state index in [0.717, 1.165) is 5.56 Å². The minimum absolute atomic E-state index is 0.201. The van der Waals surface area contributed by atoms with Crippen LogP contribution in [-0.2, 0) is 0 Å². The van der Waals surface area contributed by atoms with Crippen LogP contribution >= 0.6 is 11.6 Å². The Morgan fingerprint density at radius 3 is 2.54 bits per heavy atom. The zero-order valence-electron chi connectivity index (χ0n) is 14.6. The van der Waals surface area contributed by atoms with Crippen molar-refractivity contribution in [3.8, 4) is 17.2 Å². The van der Waals surface area contributed by atoms with Crippen molar-refractivity contribution in [3.05, 3.63) is 71.1 Å². The number of benzene rings is 2. The first-order valence-electron chi connectivity index (χ1n) is 8.21. The summed E-state index contributed by atoms with van der Waals surface area (Å²) in [7, 11) is 1.71. The number of hydrogen-bond donors (Lipinski definition) is 0. The van der Waals surface area contributed by atoms with Gasteiger partial charge in [-0.15, -0.1) is 0 Å². The Morgan fingerprint density at radius 1 is 1.15 bits per heavy atom. The number of aromatic nitrogens is 1. The summed E-state index contributed by atoms with van der Waals surface area (Å²) >= 11 is 5.84. The molecule has 0 aliphatic carbocycles. The van der Waals surface area contributed by atoms with E-state index in [9.17, 15) is 4.79 Å². The Balaban J connectivity index is 1.61. The summed E-state index contributed by atoms with van der Waals surface area (Å²) in [4.78, 5) is 18.6. The van der Waals surface area contributed by atoms with E-state index < -0.39 is 0 Å². The highest BCUT2D eigenvalue weighted by molar-refractivity contribution is 6.30. The van der Waals surface area contributed by atoms with Crippen molar-refractivity contribution in [1.29, 1.82) is 0 Å². The molecule has 134 valence electrons. The smallest absolute Gasteiger partial charge is 0.275 e. The van der Waals surface area contributed by atoms with Crippen LogP contribution in [0.3, 0.4) is 0 Å². The SMILES string of the molecule is Cc1oc(-c2ccccc2)nc1C(=O)N(C)CCOc1ccc(Cl)cc1. The van der Waals surface area contributed by atoms with Crippen molar-refractivity contribution >= 4 is 17.5 Å². The van der Waals surface area contributed by atoms with Gasteiger partial charge in [-0.05, 0) is 43.3 Å². The second kappa shape index (κ2) is 8.06. The van der Waals surface area contributed by atoms with Gasteiger partial charge in [0.15, 0.2) is 5.69 Å². The van der Waals surface area contributed by atoms with Crippen LogP contribution in [0.4, 0.5) is 0 Å². The fourth-order valence-corrected chi connectivity index (χ4v) is 2.54. The minimum Gasteiger partial charge on any atom is -0.492 e. The number of halogens is 1. The van der Waals surface area contributed by atoms with E-state index in [0.29, 0.717) is 41.3 Å². The number of carbonyl (C=O) groups excluding carboxylic acids is 1. The van der Waals surface area contributed by atoms with Crippen LogP contribution in [-0.4, -0.2) is 36.0 Å². The average Bonchev–Trinajstić information content (AvgIpc) is 3.05. The number of rotatable bonds is 6. The first-order chi connectivity index (χ1) is 12.5. The maximum absolute atomic E-state index is 12.6. The highest BCUT2D eigenvalue weighted by Crippen LogP contribution is 2.22. The summed E-state index contributed by atoms with van der Waals surface area (Å²) in [6.45, 7) is 2.53. The summed E-state index contributed by atoms with van der Waals surface area (Å²) in [5.74, 6) is 1.45. The maximum Gasteiger partial charge on any atom is 0.275 e. The lowest BCUT2D eigenvalue weighted by atomic mass is 10.2. The molecule has 5 nitrogen and oxygen atoms in total. The van der Waals surface area contributed by atoms with Crippen molar-refractivity contribution in [2.75, 3.05) is 20.2 Å². The first kappa shape index (κ1) is 18.0. The van der Waals surface area contributed by atoms with Crippen LogP contribution in [0.15, 0.2) is 59.0 Å². The van der Waals surface area contributed by atoms with Crippen molar-refractivity contribution in [2.45, 2.75) is 6.92 Å². The second-order valence-electron chi connectivity index (χ2n) is 5.82. The van der Waals surface area contributed by atoms with Gasteiger partial charge in [0.1, 0.15) is 18.1 Å². The largest absolute Gasteiger partial charge is 0.492 e. The zero-order valence-corrected chi connectivity index (χ0v) is 15.4. The number of oxazole rings is 1. The summed E-state index contributed by atoms with van der Waals surface area (Å²) in [5, 5.41) is 0.653. The summed E-state index contributed by atoms with van der Waals surface area (Å²) in [6, 6.07) is 16.6. The van der Waals surface area contributed by atoms with Gasteiger partial charge in [-0.1, -0.05) is 29.8 Å². The third kappa shape index (κ3) is 4.24. The summed E-state index contributed by atoms with van der Waals surface area (Å²) in [6.07, 6.45) is 0. The molecule has 3 aromatic rings. The molecule has 0 unspecified atom stereocenters. The minimum atomic E-state index is -0.201. The lowest BCUT2D eigenvalue weighted by Crippen LogP contribution is -2.31. The third-order valence-corrected chi connectivity index (χ3v) is 4.13. The Hall–Kier alpha value is -2.79. The van der Waals surface area contributed by atoms with E-state index in [2.05, 4.69) is 4.98 Å². The molecule has 0 atom stereocenters. The number of ether oxygens (including phenoxy) is 1. The second-order valence-corrected chi connectivity index (χ2v) is 6.26. The molecule has 0 spiro atoms. The molecule has 0 radical (unpaired) electrons. The molecule has 0 fully saturated rings. The monoisotopic (exact) mass is 370 g/mol. The average molecular weight is 371 g/mol. The van der Waals surface area contributed by atoms with Crippen LogP contribution in [0, 0.1) is 6.92 Å². The molecule has 0 saturated heterocycles. The molecule has 0 aliphatic heterocycles. The molecule has 0 N–H and O–H groups in total. The van der Waals surface area contributed by atoms with Gasteiger partial charge < -0.3 is 14.1 Å². The van der Waals surface area contributed by atoms with E-state index in [1.54, 1.807) is 43.1 Å². The number of carbonyl (C=O) groups is 1. The van der Waals surface area contributed by atoms with Gasteiger partial charge in [0.05, 0.1) is 6.54 Å². The maximum atomic E-state index is 12.6. The number of amides is 1. The molecule has 26 heavy (non-hydrogen) atoms. The zero-order chi connectivity index (χ0) is 18.5. The van der Waals surface area contributed by atoms with Gasteiger partial charge in [0, 0.05) is 17.6 Å². The van der Waals surface area contributed by atoms with E-state index in [1.165, 1.54) is 0 Å². The number of aryl methyl sites for hydroxylation is 1. The van der Waals surface area contributed by atoms with Crippen LogP contribution in [0.25, 0.3) is 11.5 Å². The molecule has 0 aliphatic rings. The van der Waals surface area contributed by atoms with Gasteiger partial charge >= 0.3 is 0 Å². The molecule has 1 aromatic heterocycles. The first-order valence-corrected chi connectivity index (χ1v) is 8.59. The predicted octanol–water partition coefficient (Wildman–Crippen LogP) is 4.45. The van der Waals surface area contributed by atoms with Crippen molar-refractivity contribution < 1.29 is 13.9 Å². The van der Waals surface area contributed by atoms with Crippen molar-refractivity contribution in [2.24, 2.45) is 0 Å². The summed E-state index contributed by atoms with van der Waals surface area (Å²) in [5.41, 5.74) is 1.15. The van der Waals surface area contributed by atoms with Gasteiger partial charge in [-0.2, -0.15) is 0 Å². The number of hydrogen-bond acceptors (Lipinski definition) is 4. The van der Waals surface area contributed by atoms with Gasteiger partial charge in [-0.25, -0.2) is 4.98 Å². The molecule has 3 rings (SSSR count). The van der Waals surface area contributed by atoms with E-state index in [1.807, 2.05) is 30.3 Å². The quantitative estimate of drug-likeness (QED) is 0.643. The topological polar surface area (TPSA) is 55.6 Å². The summed E-state index contributed by atoms with van der Waals surface area (Å²) < 4.78 is 11.3. The molecule has 1 amide bonds. The molecule has 2 aromatic carbocycles. The van der Waals surface area contributed by atoms with Gasteiger partial charge in [0.25, 0.3) is 5.91 Å². The van der Waals surface area contributed by atoms with Crippen molar-refractivity contribution in [3.63, 3.8) is 0 Å². The lowest BCUT2D eigenvalue weighted by Gasteiger charge is -2.16. The fourth-order valence-electron chi connectivity index (χ4n) is 2.41. The molecule has 1 heterocycles. The third-order valence-electron chi connectivity index (χ3n) is 3.88. The standard InChI is InChI=1S/C20H19ClN2O3/c1-14-18(22-19(26-14)15-6-4-3-5-7-15)20(24)23(2)12-13-25-17-10-8-16(21)9-11-17/h3-11H,12-13H2,1-2H3. The van der Waals surface area contributed by atoms with Crippen molar-refractivity contribution in [1.82, 2.24) is 9.88 Å². The van der Waals surface area contributed by atoms with E-state index >= 15 is 0 Å². The fraction of sp³-hybridized carbons (Fsp3) is 0.200. The molecular weight excluding hydrogens is 352 g/mol. The Bertz CT molecular complexity index is 876. The lowest BCUT2D eigenvalue weighted by molar-refractivity contribution is 0.0767. The van der Waals surface area contributed by atoms with Crippen LogP contribution in [0.5, 0.6) is 5.75 Å². The molecule has 0 saturated carbocycles. The van der Waals surface area contributed by atoms with E-state index in [-0.39, 0.29) is 5.91 Å². The predicted molar refractivity (Wildman–Crippen MR) is 101 cm³/mol. The molecule has 6 heteroatoms. The Kier molecular flexibility index (Phi) is 5.58. The van der Waals surface area contributed by atoms with Gasteiger partial charge in [0.2, 0.25) is 5.89 Å². The highest BCUT2D eigenvalue weighted by atomic mass is 35.5.